The van der Waals surface area contributed by atoms with Gasteiger partial charge in [-0.05, 0) is 53.4 Å². The number of rotatable bonds is 2. The van der Waals surface area contributed by atoms with Crippen LogP contribution < -0.4 is 0 Å². The maximum atomic E-state index is 12.8. The minimum absolute atomic E-state index is 0.111. The molecule has 5 heteroatoms. The standard InChI is InChI=1S/C16H15N3OS/c20-16(11-3-4-13-14(8-11)18-10-17-13)19-6-1-2-15(19)12-5-7-21-9-12/h3-5,7-10,15H,1-2,6H2,(H,17,18)/t15-/m1/s1. The van der Waals surface area contributed by atoms with Gasteiger partial charge in [0, 0.05) is 12.1 Å². The Kier molecular flexibility index (Phi) is 3.00. The Balaban J connectivity index is 1.66. The number of aromatic amines is 1. The molecule has 1 fully saturated rings. The summed E-state index contributed by atoms with van der Waals surface area (Å²) in [7, 11) is 0. The highest BCUT2D eigenvalue weighted by Crippen LogP contribution is 2.34. The van der Waals surface area contributed by atoms with Gasteiger partial charge in [-0.15, -0.1) is 0 Å². The molecule has 0 saturated carbocycles. The molecule has 0 radical (unpaired) electrons. The van der Waals surface area contributed by atoms with E-state index in [-0.39, 0.29) is 11.9 Å². The first-order chi connectivity index (χ1) is 10.3. The molecule has 0 aliphatic carbocycles. The molecule has 1 saturated heterocycles. The summed E-state index contributed by atoms with van der Waals surface area (Å²) in [6.45, 7) is 0.834. The van der Waals surface area contributed by atoms with Gasteiger partial charge in [0.05, 0.1) is 23.4 Å². The Morgan fingerprint density at radius 2 is 2.33 bits per heavy atom. The normalized spacial score (nSPS) is 18.5. The molecule has 1 aliphatic heterocycles. The Bertz CT molecular complexity index is 778. The minimum atomic E-state index is 0.111. The molecular weight excluding hydrogens is 282 g/mol. The third-order valence-electron chi connectivity index (χ3n) is 4.11. The Labute approximate surface area is 126 Å². The SMILES string of the molecule is O=C(c1ccc2nc[nH]c2c1)N1CCC[C@@H]1c1ccsc1. The van der Waals surface area contributed by atoms with Crippen LogP contribution in [0.5, 0.6) is 0 Å². The molecule has 2 aromatic heterocycles. The number of benzene rings is 1. The topological polar surface area (TPSA) is 49.0 Å². The highest BCUT2D eigenvalue weighted by atomic mass is 32.1. The summed E-state index contributed by atoms with van der Waals surface area (Å²) in [5.41, 5.74) is 3.79. The van der Waals surface area contributed by atoms with Crippen LogP contribution in [0.25, 0.3) is 11.0 Å². The molecule has 0 unspecified atom stereocenters. The van der Waals surface area contributed by atoms with Crippen molar-refractivity contribution in [1.29, 1.82) is 0 Å². The van der Waals surface area contributed by atoms with Crippen molar-refractivity contribution >= 4 is 28.3 Å². The van der Waals surface area contributed by atoms with Crippen LogP contribution in [0, 0.1) is 0 Å². The number of carbonyl (C=O) groups is 1. The van der Waals surface area contributed by atoms with Gasteiger partial charge in [0.2, 0.25) is 0 Å². The number of imidazole rings is 1. The Morgan fingerprint density at radius 1 is 1.38 bits per heavy atom. The van der Waals surface area contributed by atoms with E-state index < -0.39 is 0 Å². The molecule has 21 heavy (non-hydrogen) atoms. The smallest absolute Gasteiger partial charge is 0.254 e. The van der Waals surface area contributed by atoms with Crippen LogP contribution in [-0.2, 0) is 0 Å². The van der Waals surface area contributed by atoms with Crippen molar-refractivity contribution in [2.75, 3.05) is 6.54 Å². The van der Waals surface area contributed by atoms with E-state index in [0.717, 1.165) is 36.0 Å². The molecule has 1 atom stereocenters. The summed E-state index contributed by atoms with van der Waals surface area (Å²) in [4.78, 5) is 22.1. The number of likely N-dealkylation sites (tertiary alicyclic amines) is 1. The van der Waals surface area contributed by atoms with Crippen LogP contribution in [0.3, 0.4) is 0 Å². The third kappa shape index (κ3) is 2.14. The van der Waals surface area contributed by atoms with Crippen LogP contribution in [0.4, 0.5) is 0 Å². The molecule has 3 aromatic rings. The lowest BCUT2D eigenvalue weighted by atomic mass is 10.1. The van der Waals surface area contributed by atoms with Crippen LogP contribution in [0.1, 0.15) is 34.8 Å². The number of fused-ring (bicyclic) bond motifs is 1. The van der Waals surface area contributed by atoms with Gasteiger partial charge in [-0.25, -0.2) is 4.98 Å². The lowest BCUT2D eigenvalue weighted by Crippen LogP contribution is -2.30. The van der Waals surface area contributed by atoms with Crippen molar-refractivity contribution < 1.29 is 4.79 Å². The fourth-order valence-electron chi connectivity index (χ4n) is 3.06. The lowest BCUT2D eigenvalue weighted by Gasteiger charge is -2.24. The number of H-pyrrole nitrogens is 1. The third-order valence-corrected chi connectivity index (χ3v) is 4.81. The molecule has 4 rings (SSSR count). The molecule has 0 spiro atoms. The number of thiophene rings is 1. The zero-order valence-electron chi connectivity index (χ0n) is 11.5. The average Bonchev–Trinajstić information content (AvgIpc) is 3.24. The van der Waals surface area contributed by atoms with E-state index in [1.807, 2.05) is 23.1 Å². The van der Waals surface area contributed by atoms with Crippen molar-refractivity contribution in [2.45, 2.75) is 18.9 Å². The number of nitrogens with zero attached hydrogens (tertiary/aromatic N) is 2. The highest BCUT2D eigenvalue weighted by molar-refractivity contribution is 7.08. The zero-order valence-corrected chi connectivity index (χ0v) is 12.3. The summed E-state index contributed by atoms with van der Waals surface area (Å²) >= 11 is 1.69. The molecule has 106 valence electrons. The summed E-state index contributed by atoms with van der Waals surface area (Å²) in [6, 6.07) is 8.01. The first-order valence-electron chi connectivity index (χ1n) is 7.09. The first kappa shape index (κ1) is 12.6. The number of aromatic nitrogens is 2. The van der Waals surface area contributed by atoms with E-state index >= 15 is 0 Å². The second-order valence-corrected chi connectivity index (χ2v) is 6.13. The molecule has 0 bridgehead atoms. The van der Waals surface area contributed by atoms with E-state index in [9.17, 15) is 4.79 Å². The molecule has 4 nitrogen and oxygen atoms in total. The summed E-state index contributed by atoms with van der Waals surface area (Å²) in [6.07, 6.45) is 3.77. The van der Waals surface area contributed by atoms with Gasteiger partial charge in [0.15, 0.2) is 0 Å². The van der Waals surface area contributed by atoms with Gasteiger partial charge < -0.3 is 9.88 Å². The van der Waals surface area contributed by atoms with E-state index in [1.54, 1.807) is 17.7 Å². The monoisotopic (exact) mass is 297 g/mol. The molecule has 1 aliphatic rings. The summed E-state index contributed by atoms with van der Waals surface area (Å²) in [5, 5.41) is 4.22. The number of nitrogens with one attached hydrogen (secondary N) is 1. The molecule has 3 heterocycles. The molecular formula is C16H15N3OS. The average molecular weight is 297 g/mol. The summed E-state index contributed by atoms with van der Waals surface area (Å²) < 4.78 is 0. The van der Waals surface area contributed by atoms with Crippen molar-refractivity contribution in [2.24, 2.45) is 0 Å². The lowest BCUT2D eigenvalue weighted by molar-refractivity contribution is 0.0736. The maximum absolute atomic E-state index is 12.8. The van der Waals surface area contributed by atoms with Gasteiger partial charge in [0.1, 0.15) is 0 Å². The minimum Gasteiger partial charge on any atom is -0.345 e. The van der Waals surface area contributed by atoms with Crippen LogP contribution in [0.15, 0.2) is 41.4 Å². The van der Waals surface area contributed by atoms with Crippen LogP contribution in [-0.4, -0.2) is 27.3 Å². The van der Waals surface area contributed by atoms with E-state index in [1.165, 1.54) is 5.56 Å². The maximum Gasteiger partial charge on any atom is 0.254 e. The molecule has 1 aromatic carbocycles. The number of amides is 1. The van der Waals surface area contributed by atoms with Gasteiger partial charge in [-0.2, -0.15) is 11.3 Å². The summed E-state index contributed by atoms with van der Waals surface area (Å²) in [5.74, 6) is 0.111. The number of carbonyl (C=O) groups excluding carboxylic acids is 1. The second-order valence-electron chi connectivity index (χ2n) is 5.35. The van der Waals surface area contributed by atoms with E-state index in [4.69, 9.17) is 0 Å². The Hall–Kier alpha value is -2.14. The zero-order chi connectivity index (χ0) is 14.2. The van der Waals surface area contributed by atoms with Crippen molar-refractivity contribution in [3.05, 3.63) is 52.5 Å². The van der Waals surface area contributed by atoms with Crippen LogP contribution in [0.2, 0.25) is 0 Å². The fourth-order valence-corrected chi connectivity index (χ4v) is 3.76. The van der Waals surface area contributed by atoms with Gasteiger partial charge >= 0.3 is 0 Å². The highest BCUT2D eigenvalue weighted by Gasteiger charge is 2.30. The number of hydrogen-bond acceptors (Lipinski definition) is 3. The van der Waals surface area contributed by atoms with Crippen molar-refractivity contribution in [1.82, 2.24) is 14.9 Å². The van der Waals surface area contributed by atoms with Crippen molar-refractivity contribution in [3.8, 4) is 0 Å². The first-order valence-corrected chi connectivity index (χ1v) is 8.03. The van der Waals surface area contributed by atoms with Gasteiger partial charge in [-0.1, -0.05) is 0 Å². The van der Waals surface area contributed by atoms with E-state index in [2.05, 4.69) is 26.8 Å². The number of hydrogen-bond donors (Lipinski definition) is 1. The fraction of sp³-hybridized carbons (Fsp3) is 0.250. The Morgan fingerprint density at radius 3 is 3.19 bits per heavy atom. The predicted octanol–water partition coefficient (Wildman–Crippen LogP) is 3.60. The van der Waals surface area contributed by atoms with Crippen LogP contribution >= 0.6 is 11.3 Å². The van der Waals surface area contributed by atoms with Crippen molar-refractivity contribution in [3.63, 3.8) is 0 Å². The van der Waals surface area contributed by atoms with E-state index in [0.29, 0.717) is 0 Å². The molecule has 1 amide bonds. The largest absolute Gasteiger partial charge is 0.345 e. The second kappa shape index (κ2) is 5.00. The molecule has 1 N–H and O–H groups in total. The predicted molar refractivity (Wildman–Crippen MR) is 83.4 cm³/mol. The van der Waals surface area contributed by atoms with Gasteiger partial charge in [-0.3, -0.25) is 4.79 Å². The quantitative estimate of drug-likeness (QED) is 0.785. The van der Waals surface area contributed by atoms with Gasteiger partial charge in [0.25, 0.3) is 5.91 Å².